The van der Waals surface area contributed by atoms with E-state index in [4.69, 9.17) is 4.74 Å². The van der Waals surface area contributed by atoms with Crippen molar-refractivity contribution in [2.24, 2.45) is 17.8 Å². The predicted octanol–water partition coefficient (Wildman–Crippen LogP) is 4.18. The summed E-state index contributed by atoms with van der Waals surface area (Å²) >= 11 is 0. The van der Waals surface area contributed by atoms with Gasteiger partial charge in [0.1, 0.15) is 11.9 Å². The molecule has 4 aliphatic rings. The molecule has 0 aromatic heterocycles. The van der Waals surface area contributed by atoms with Gasteiger partial charge in [0, 0.05) is 25.0 Å². The van der Waals surface area contributed by atoms with Crippen molar-refractivity contribution in [3.8, 4) is 5.75 Å². The van der Waals surface area contributed by atoms with E-state index in [1.54, 1.807) is 0 Å². The van der Waals surface area contributed by atoms with Crippen LogP contribution in [0, 0.1) is 17.8 Å². The number of nitrogens with zero attached hydrogens (tertiary/aromatic N) is 2. The molecule has 4 nitrogen and oxygen atoms in total. The number of rotatable bonds is 5. The molecule has 2 saturated carbocycles. The lowest BCUT2D eigenvalue weighted by molar-refractivity contribution is -0.142. The van der Waals surface area contributed by atoms with Crippen molar-refractivity contribution in [2.75, 3.05) is 26.2 Å². The fourth-order valence-electron chi connectivity index (χ4n) is 6.32. The van der Waals surface area contributed by atoms with Crippen molar-refractivity contribution < 1.29 is 9.53 Å². The Labute approximate surface area is 185 Å². The summed E-state index contributed by atoms with van der Waals surface area (Å²) < 4.78 is 5.96. The Balaban J connectivity index is 0.945. The average molecular weight is 417 g/mol. The zero-order valence-corrected chi connectivity index (χ0v) is 18.1. The summed E-state index contributed by atoms with van der Waals surface area (Å²) in [7, 11) is 0. The maximum absolute atomic E-state index is 12.9. The van der Waals surface area contributed by atoms with E-state index in [-0.39, 0.29) is 12.0 Å². The fourth-order valence-corrected chi connectivity index (χ4v) is 6.32. The lowest BCUT2D eigenvalue weighted by Crippen LogP contribution is -2.57. The largest absolute Gasteiger partial charge is 0.487 e. The van der Waals surface area contributed by atoms with Gasteiger partial charge < -0.3 is 9.64 Å². The summed E-state index contributed by atoms with van der Waals surface area (Å²) in [5, 5.41) is 0. The van der Waals surface area contributed by atoms with Gasteiger partial charge in [-0.15, -0.1) is 0 Å². The molecule has 0 N–H and O–H groups in total. The van der Waals surface area contributed by atoms with E-state index < -0.39 is 0 Å². The first-order chi connectivity index (χ1) is 15.3. The monoisotopic (exact) mass is 416 g/mol. The van der Waals surface area contributed by atoms with Crippen LogP contribution >= 0.6 is 0 Å². The van der Waals surface area contributed by atoms with Gasteiger partial charge in [0.05, 0.1) is 13.1 Å². The number of benzene rings is 2. The van der Waals surface area contributed by atoms with Crippen molar-refractivity contribution in [3.63, 3.8) is 0 Å². The molecule has 2 aliphatic heterocycles. The zero-order chi connectivity index (χ0) is 20.8. The van der Waals surface area contributed by atoms with Gasteiger partial charge in [-0.2, -0.15) is 0 Å². The molecule has 2 heterocycles. The Morgan fingerprint density at radius 2 is 1.39 bits per heavy atom. The minimum absolute atomic E-state index is 0.154. The number of hydrogen-bond acceptors (Lipinski definition) is 3. The molecule has 4 heteroatoms. The molecule has 162 valence electrons. The van der Waals surface area contributed by atoms with Gasteiger partial charge in [-0.25, -0.2) is 0 Å². The lowest BCUT2D eigenvalue weighted by Gasteiger charge is -2.40. The number of carbonyl (C=O) groups is 1. The van der Waals surface area contributed by atoms with E-state index in [1.807, 2.05) is 35.2 Å². The molecule has 1 amide bonds. The number of para-hydroxylation sites is 1. The Morgan fingerprint density at radius 1 is 0.774 bits per heavy atom. The molecule has 0 bridgehead atoms. The van der Waals surface area contributed by atoms with Gasteiger partial charge in [0.2, 0.25) is 5.91 Å². The topological polar surface area (TPSA) is 32.8 Å². The van der Waals surface area contributed by atoms with Crippen molar-refractivity contribution in [2.45, 2.75) is 43.7 Å². The number of likely N-dealkylation sites (tertiary alicyclic amines) is 2. The first-order valence-corrected chi connectivity index (χ1v) is 12.1. The molecule has 6 rings (SSSR count). The summed E-state index contributed by atoms with van der Waals surface area (Å²) in [6.45, 7) is 3.77. The minimum Gasteiger partial charge on any atom is -0.487 e. The molecule has 31 heavy (non-hydrogen) atoms. The molecular formula is C27H32N2O2. The molecule has 4 fully saturated rings. The van der Waals surface area contributed by atoms with Crippen molar-refractivity contribution in [1.29, 1.82) is 0 Å². The smallest absolute Gasteiger partial charge is 0.226 e. The highest BCUT2D eigenvalue weighted by atomic mass is 16.5. The van der Waals surface area contributed by atoms with E-state index in [1.165, 1.54) is 31.2 Å². The van der Waals surface area contributed by atoms with Crippen LogP contribution in [0.4, 0.5) is 0 Å². The van der Waals surface area contributed by atoms with Crippen molar-refractivity contribution >= 4 is 5.91 Å². The first-order valence-electron chi connectivity index (χ1n) is 12.1. The Morgan fingerprint density at radius 3 is 2.03 bits per heavy atom. The molecule has 2 aliphatic carbocycles. The molecule has 2 saturated heterocycles. The van der Waals surface area contributed by atoms with Crippen LogP contribution in [0.25, 0.3) is 0 Å². The van der Waals surface area contributed by atoms with Gasteiger partial charge in [-0.3, -0.25) is 9.69 Å². The van der Waals surface area contributed by atoms with Crippen LogP contribution in [0.1, 0.15) is 37.2 Å². The average Bonchev–Trinajstić information content (AvgIpc) is 3.30. The third kappa shape index (κ3) is 3.76. The molecule has 0 spiro atoms. The normalized spacial score (nSPS) is 32.9. The van der Waals surface area contributed by atoms with Crippen LogP contribution in [0.15, 0.2) is 60.7 Å². The quantitative estimate of drug-likeness (QED) is 0.733. The van der Waals surface area contributed by atoms with E-state index in [2.05, 4.69) is 35.2 Å². The van der Waals surface area contributed by atoms with E-state index in [9.17, 15) is 4.79 Å². The zero-order valence-electron chi connectivity index (χ0n) is 18.1. The molecule has 1 unspecified atom stereocenters. The number of hydrogen-bond donors (Lipinski definition) is 0. The maximum atomic E-state index is 12.9. The predicted molar refractivity (Wildman–Crippen MR) is 121 cm³/mol. The third-order valence-corrected chi connectivity index (χ3v) is 8.20. The number of carbonyl (C=O) groups excluding carboxylic acids is 1. The molecule has 3 atom stereocenters. The summed E-state index contributed by atoms with van der Waals surface area (Å²) in [6, 6.07) is 21.7. The Bertz CT molecular complexity index is 891. The standard InChI is InChI=1S/C27H32N2O2/c30-27(29-15-23(16-29)31-22-9-5-2-6-10-22)26-24-17-28(18-25(24)26)21-13-11-20(12-14-21)19-7-3-1-4-8-19/h1-10,20-21,23-26H,11-18H2/t20?,21?,24-,25+,26?. The summed E-state index contributed by atoms with van der Waals surface area (Å²) in [5.74, 6) is 3.52. The van der Waals surface area contributed by atoms with Crippen LogP contribution in [-0.4, -0.2) is 54.0 Å². The number of amides is 1. The maximum Gasteiger partial charge on any atom is 0.226 e. The summed E-state index contributed by atoms with van der Waals surface area (Å²) in [4.78, 5) is 17.7. The summed E-state index contributed by atoms with van der Waals surface area (Å²) in [5.41, 5.74) is 1.51. The highest BCUT2D eigenvalue weighted by Crippen LogP contribution is 2.54. The lowest BCUT2D eigenvalue weighted by atomic mass is 9.81. The van der Waals surface area contributed by atoms with Gasteiger partial charge in [-0.05, 0) is 61.1 Å². The second-order valence-electron chi connectivity index (χ2n) is 10.0. The van der Waals surface area contributed by atoms with Crippen LogP contribution in [0.3, 0.4) is 0 Å². The van der Waals surface area contributed by atoms with Crippen LogP contribution in [0.5, 0.6) is 5.75 Å². The fraction of sp³-hybridized carbons (Fsp3) is 0.519. The van der Waals surface area contributed by atoms with Gasteiger partial charge in [-0.1, -0.05) is 48.5 Å². The third-order valence-electron chi connectivity index (χ3n) is 8.20. The second kappa shape index (κ2) is 7.98. The van der Waals surface area contributed by atoms with Crippen LogP contribution < -0.4 is 4.74 Å². The molecule has 0 radical (unpaired) electrons. The van der Waals surface area contributed by atoms with Crippen LogP contribution in [0.2, 0.25) is 0 Å². The van der Waals surface area contributed by atoms with E-state index in [0.717, 1.165) is 43.9 Å². The van der Waals surface area contributed by atoms with Gasteiger partial charge in [0.15, 0.2) is 0 Å². The second-order valence-corrected chi connectivity index (χ2v) is 10.0. The highest BCUT2D eigenvalue weighted by Gasteiger charge is 2.61. The highest BCUT2D eigenvalue weighted by molar-refractivity contribution is 5.83. The number of ether oxygens (including phenoxy) is 1. The summed E-state index contributed by atoms with van der Waals surface area (Å²) in [6.07, 6.45) is 5.38. The van der Waals surface area contributed by atoms with Gasteiger partial charge in [0.25, 0.3) is 0 Å². The Kier molecular flexibility index (Phi) is 4.98. The number of fused-ring (bicyclic) bond motifs is 1. The van der Waals surface area contributed by atoms with E-state index >= 15 is 0 Å². The number of piperidine rings is 1. The van der Waals surface area contributed by atoms with Gasteiger partial charge >= 0.3 is 0 Å². The SMILES string of the molecule is O=C(C1[C@H]2CN(C3CCC(c4ccccc4)CC3)C[C@@H]12)N1CC(Oc2ccccc2)C1. The Hall–Kier alpha value is -2.33. The molecular weight excluding hydrogens is 384 g/mol. The first kappa shape index (κ1) is 19.4. The minimum atomic E-state index is 0.154. The van der Waals surface area contributed by atoms with Crippen molar-refractivity contribution in [1.82, 2.24) is 9.80 Å². The molecule has 2 aromatic carbocycles. The van der Waals surface area contributed by atoms with Crippen LogP contribution in [-0.2, 0) is 4.79 Å². The van der Waals surface area contributed by atoms with Crippen molar-refractivity contribution in [3.05, 3.63) is 66.2 Å². The molecule has 2 aromatic rings. The van der Waals surface area contributed by atoms with E-state index in [0.29, 0.717) is 17.7 Å².